The number of benzene rings is 8. The molecule has 4 nitrogen and oxygen atoms in total. The van der Waals surface area contributed by atoms with Crippen molar-refractivity contribution < 1.29 is 0 Å². The maximum Gasteiger partial charge on any atom is 0.238 e. The maximum atomic E-state index is 5.29. The highest BCUT2D eigenvalue weighted by Crippen LogP contribution is 2.46. The van der Waals surface area contributed by atoms with Crippen LogP contribution in [0.5, 0.6) is 0 Å². The van der Waals surface area contributed by atoms with Crippen molar-refractivity contribution >= 4 is 38.9 Å². The summed E-state index contributed by atoms with van der Waals surface area (Å²) in [5.74, 6) is 1.80. The number of hydrogen-bond acceptors (Lipinski definition) is 4. The molecule has 0 fully saturated rings. The third-order valence-electron chi connectivity index (χ3n) is 11.4. The highest BCUT2D eigenvalue weighted by atomic mass is 15.3. The number of fused-ring (bicyclic) bond motifs is 2. The van der Waals surface area contributed by atoms with E-state index < -0.39 is 0 Å². The summed E-state index contributed by atoms with van der Waals surface area (Å²) in [4.78, 5) is 17.9. The van der Waals surface area contributed by atoms with E-state index in [1.165, 1.54) is 60.8 Å². The van der Waals surface area contributed by atoms with E-state index in [4.69, 9.17) is 15.0 Å². The van der Waals surface area contributed by atoms with E-state index in [0.717, 1.165) is 33.3 Å². The molecule has 9 rings (SSSR count). The predicted octanol–water partition coefficient (Wildman–Crippen LogP) is 14.0. The molecule has 0 atom stereocenters. The first-order valence-electron chi connectivity index (χ1n) is 20.1. The van der Waals surface area contributed by atoms with Crippen molar-refractivity contribution in [3.05, 3.63) is 214 Å². The lowest BCUT2D eigenvalue weighted by molar-refractivity contribution is 0.927. The Morgan fingerprint density at radius 3 is 1.45 bits per heavy atom. The SMILES string of the molecule is Cc1cc(C)c(C(c2c(C)cc(C)cc2C)c2ccc(N(c3ccc4ccccc4c3)c3nc(-c4ccccc4)nc(-c4ccccc4)n3)c3ccccc23)c(C)c1. The van der Waals surface area contributed by atoms with Crippen molar-refractivity contribution in [3.8, 4) is 22.8 Å². The molecule has 0 aliphatic heterocycles. The van der Waals surface area contributed by atoms with Crippen LogP contribution in [0.3, 0.4) is 0 Å². The second-order valence-electron chi connectivity index (χ2n) is 15.7. The van der Waals surface area contributed by atoms with Crippen molar-refractivity contribution in [3.63, 3.8) is 0 Å². The molecule has 0 N–H and O–H groups in total. The molecular weight excluding hydrogens is 705 g/mol. The topological polar surface area (TPSA) is 41.9 Å². The number of nitrogens with zero attached hydrogens (tertiary/aromatic N) is 4. The second kappa shape index (κ2) is 15.2. The van der Waals surface area contributed by atoms with Gasteiger partial charge in [-0.15, -0.1) is 0 Å². The van der Waals surface area contributed by atoms with Crippen LogP contribution in [0.4, 0.5) is 17.3 Å². The van der Waals surface area contributed by atoms with Gasteiger partial charge >= 0.3 is 0 Å². The van der Waals surface area contributed by atoms with Gasteiger partial charge in [0.2, 0.25) is 5.95 Å². The highest BCUT2D eigenvalue weighted by molar-refractivity contribution is 6.01. The molecule has 282 valence electrons. The zero-order chi connectivity index (χ0) is 39.9. The molecule has 1 aromatic heterocycles. The minimum Gasteiger partial charge on any atom is -0.278 e. The fraction of sp³-hybridized carbons (Fsp3) is 0.130. The molecular formula is C54H46N4. The Hall–Kier alpha value is -6.91. The first-order valence-corrected chi connectivity index (χ1v) is 20.1. The molecule has 8 aromatic carbocycles. The largest absolute Gasteiger partial charge is 0.278 e. The Morgan fingerprint density at radius 1 is 0.414 bits per heavy atom. The lowest BCUT2D eigenvalue weighted by Crippen LogP contribution is -2.17. The normalized spacial score (nSPS) is 11.4. The molecule has 0 amide bonds. The van der Waals surface area contributed by atoms with E-state index in [0.29, 0.717) is 17.6 Å². The fourth-order valence-corrected chi connectivity index (χ4v) is 9.08. The maximum absolute atomic E-state index is 5.29. The number of rotatable bonds is 8. The van der Waals surface area contributed by atoms with E-state index in [1.807, 2.05) is 36.4 Å². The lowest BCUT2D eigenvalue weighted by atomic mass is 9.75. The number of aryl methyl sites for hydroxylation is 6. The van der Waals surface area contributed by atoms with Gasteiger partial charge in [0.1, 0.15) is 0 Å². The molecule has 0 unspecified atom stereocenters. The van der Waals surface area contributed by atoms with Crippen LogP contribution in [0, 0.1) is 41.5 Å². The zero-order valence-electron chi connectivity index (χ0n) is 34.0. The van der Waals surface area contributed by atoms with Gasteiger partial charge in [-0.1, -0.05) is 157 Å². The zero-order valence-corrected chi connectivity index (χ0v) is 34.0. The highest BCUT2D eigenvalue weighted by Gasteiger charge is 2.28. The van der Waals surface area contributed by atoms with E-state index in [2.05, 4.69) is 174 Å². The van der Waals surface area contributed by atoms with Gasteiger partial charge in [0, 0.05) is 28.1 Å². The Labute approximate surface area is 341 Å². The van der Waals surface area contributed by atoms with Gasteiger partial charge in [-0.25, -0.2) is 4.98 Å². The standard InChI is InChI=1S/C54H46N4/c1-34-29-36(3)49(37(4)30-34)51(50-38(5)31-35(2)32-39(50)6)47-27-28-48(46-24-16-15-23-45(46)47)58(44-26-25-40-17-13-14-22-43(40)33-44)54-56-52(41-18-9-7-10-19-41)55-53(57-54)42-20-11-8-12-21-42/h7-33,51H,1-6H3. The molecule has 0 spiro atoms. The van der Waals surface area contributed by atoms with E-state index in [1.54, 1.807) is 0 Å². The molecule has 0 aliphatic rings. The van der Waals surface area contributed by atoms with Crippen LogP contribution < -0.4 is 4.90 Å². The molecule has 9 aromatic rings. The smallest absolute Gasteiger partial charge is 0.238 e. The van der Waals surface area contributed by atoms with Gasteiger partial charge < -0.3 is 0 Å². The van der Waals surface area contributed by atoms with Gasteiger partial charge in [-0.05, 0) is 115 Å². The second-order valence-corrected chi connectivity index (χ2v) is 15.7. The minimum atomic E-state index is 0.0146. The van der Waals surface area contributed by atoms with Gasteiger partial charge in [-0.3, -0.25) is 4.90 Å². The first-order chi connectivity index (χ1) is 28.2. The summed E-state index contributed by atoms with van der Waals surface area (Å²) in [7, 11) is 0. The number of aromatic nitrogens is 3. The predicted molar refractivity (Wildman–Crippen MR) is 243 cm³/mol. The van der Waals surface area contributed by atoms with Crippen LogP contribution in [-0.2, 0) is 0 Å². The third-order valence-corrected chi connectivity index (χ3v) is 11.4. The molecule has 0 bridgehead atoms. The average Bonchev–Trinajstić information content (AvgIpc) is 3.23. The van der Waals surface area contributed by atoms with E-state index in [9.17, 15) is 0 Å². The molecule has 58 heavy (non-hydrogen) atoms. The summed E-state index contributed by atoms with van der Waals surface area (Å²) in [6.07, 6.45) is 0. The Kier molecular flexibility index (Phi) is 9.63. The number of anilines is 3. The first kappa shape index (κ1) is 36.7. The quantitative estimate of drug-likeness (QED) is 0.145. The Bertz CT molecular complexity index is 2810. The summed E-state index contributed by atoms with van der Waals surface area (Å²) in [6, 6.07) is 58.3. The minimum absolute atomic E-state index is 0.0146. The van der Waals surface area contributed by atoms with Crippen LogP contribution >= 0.6 is 0 Å². The Morgan fingerprint density at radius 2 is 0.897 bits per heavy atom. The molecule has 4 heteroatoms. The van der Waals surface area contributed by atoms with Crippen LogP contribution in [0.1, 0.15) is 56.0 Å². The van der Waals surface area contributed by atoms with Gasteiger partial charge in [-0.2, -0.15) is 9.97 Å². The van der Waals surface area contributed by atoms with E-state index in [-0.39, 0.29) is 5.92 Å². The molecule has 0 saturated heterocycles. The monoisotopic (exact) mass is 750 g/mol. The van der Waals surface area contributed by atoms with Crippen molar-refractivity contribution in [2.24, 2.45) is 0 Å². The van der Waals surface area contributed by atoms with Gasteiger partial charge in [0.15, 0.2) is 11.6 Å². The fourth-order valence-electron chi connectivity index (χ4n) is 9.08. The summed E-state index contributed by atoms with van der Waals surface area (Å²) in [6.45, 7) is 13.5. The van der Waals surface area contributed by atoms with Crippen LogP contribution in [0.2, 0.25) is 0 Å². The molecule has 0 saturated carbocycles. The van der Waals surface area contributed by atoms with Crippen molar-refractivity contribution in [1.29, 1.82) is 0 Å². The Balaban J connectivity index is 1.34. The van der Waals surface area contributed by atoms with Crippen molar-refractivity contribution in [2.75, 3.05) is 4.90 Å². The summed E-state index contributed by atoms with van der Waals surface area (Å²) >= 11 is 0. The summed E-state index contributed by atoms with van der Waals surface area (Å²) in [5, 5.41) is 4.62. The molecule has 0 radical (unpaired) electrons. The third kappa shape index (κ3) is 6.81. The van der Waals surface area contributed by atoms with Crippen LogP contribution in [0.15, 0.2) is 164 Å². The summed E-state index contributed by atoms with van der Waals surface area (Å²) < 4.78 is 0. The van der Waals surface area contributed by atoms with E-state index >= 15 is 0 Å². The van der Waals surface area contributed by atoms with Crippen molar-refractivity contribution in [1.82, 2.24) is 15.0 Å². The van der Waals surface area contributed by atoms with Gasteiger partial charge in [0.25, 0.3) is 0 Å². The van der Waals surface area contributed by atoms with Gasteiger partial charge in [0.05, 0.1) is 5.69 Å². The lowest BCUT2D eigenvalue weighted by Gasteiger charge is -2.30. The molecule has 1 heterocycles. The number of hydrogen-bond donors (Lipinski definition) is 0. The van der Waals surface area contributed by atoms with Crippen LogP contribution in [0.25, 0.3) is 44.3 Å². The van der Waals surface area contributed by atoms with Crippen molar-refractivity contribution in [2.45, 2.75) is 47.5 Å². The van der Waals surface area contributed by atoms with Crippen LogP contribution in [-0.4, -0.2) is 15.0 Å². The average molecular weight is 751 g/mol. The summed E-state index contributed by atoms with van der Waals surface area (Å²) in [5.41, 5.74) is 15.6. The molecule has 0 aliphatic carbocycles.